The van der Waals surface area contributed by atoms with Gasteiger partial charge in [-0.3, -0.25) is 9.59 Å². The van der Waals surface area contributed by atoms with Gasteiger partial charge in [0.15, 0.2) is 6.10 Å². The van der Waals surface area contributed by atoms with Gasteiger partial charge < -0.3 is 14.6 Å². The van der Waals surface area contributed by atoms with Crippen LogP contribution in [0.4, 0.5) is 14.5 Å². The maximum atomic E-state index is 13.6. The first-order chi connectivity index (χ1) is 12.9. The molecule has 0 saturated carbocycles. The summed E-state index contributed by atoms with van der Waals surface area (Å²) in [7, 11) is 0. The molecule has 0 bridgehead atoms. The molecule has 0 spiro atoms. The number of carbonyl (C=O) groups excluding carboxylic acids is 2. The summed E-state index contributed by atoms with van der Waals surface area (Å²) in [5.74, 6) is -2.89. The lowest BCUT2D eigenvalue weighted by Crippen LogP contribution is -2.30. The molecule has 0 aliphatic heterocycles. The number of rotatable bonds is 6. The second-order valence-corrected chi connectivity index (χ2v) is 6.06. The van der Waals surface area contributed by atoms with Crippen LogP contribution in [0.5, 0.6) is 0 Å². The molecule has 2 aromatic carbocycles. The first-order valence-electron chi connectivity index (χ1n) is 8.43. The summed E-state index contributed by atoms with van der Waals surface area (Å²) in [6.07, 6.45) is 0.857. The zero-order chi connectivity index (χ0) is 19.4. The number of benzene rings is 2. The minimum absolute atomic E-state index is 0.0845. The first-order valence-corrected chi connectivity index (χ1v) is 8.43. The predicted octanol–water partition coefficient (Wildman–Crippen LogP) is 3.88. The van der Waals surface area contributed by atoms with Gasteiger partial charge in [0.05, 0.1) is 12.1 Å². The molecule has 1 N–H and O–H groups in total. The van der Waals surface area contributed by atoms with E-state index in [0.717, 1.165) is 23.0 Å². The Bertz CT molecular complexity index is 984. The highest BCUT2D eigenvalue weighted by Crippen LogP contribution is 2.17. The normalized spacial score (nSPS) is 12.0. The molecule has 0 saturated heterocycles. The van der Waals surface area contributed by atoms with Crippen molar-refractivity contribution in [1.82, 2.24) is 4.57 Å². The van der Waals surface area contributed by atoms with Crippen LogP contribution in [0.15, 0.2) is 54.7 Å². The van der Waals surface area contributed by atoms with E-state index in [-0.39, 0.29) is 12.1 Å². The van der Waals surface area contributed by atoms with Crippen molar-refractivity contribution >= 4 is 28.5 Å². The smallest absolute Gasteiger partial charge is 0.308 e. The summed E-state index contributed by atoms with van der Waals surface area (Å²) in [6.45, 7) is 1.80. The summed E-state index contributed by atoms with van der Waals surface area (Å²) < 4.78 is 33.5. The molecule has 0 radical (unpaired) electrons. The average Bonchev–Trinajstić information content (AvgIpc) is 3.05. The molecule has 3 rings (SSSR count). The number of anilines is 1. The summed E-state index contributed by atoms with van der Waals surface area (Å²) in [4.78, 5) is 24.1. The predicted molar refractivity (Wildman–Crippen MR) is 97.1 cm³/mol. The lowest BCUT2D eigenvalue weighted by atomic mass is 10.2. The minimum atomic E-state index is -1.11. The third-order valence-electron chi connectivity index (χ3n) is 4.10. The molecular weight excluding hydrogens is 354 g/mol. The van der Waals surface area contributed by atoms with Gasteiger partial charge in [0.2, 0.25) is 0 Å². The number of amides is 1. The molecule has 1 aromatic heterocycles. The standard InChI is InChI=1S/C20H18F2N2O3/c1-13(20(26)23-17-7-6-15(21)12-16(17)22)27-19(25)9-11-24-10-8-14-4-2-3-5-18(14)24/h2-8,10,12-13H,9,11H2,1H3,(H,23,26). The molecular formula is C20H18F2N2O3. The number of esters is 1. The fourth-order valence-corrected chi connectivity index (χ4v) is 2.68. The Morgan fingerprint density at radius 1 is 1.15 bits per heavy atom. The Labute approximate surface area is 154 Å². The molecule has 0 fully saturated rings. The largest absolute Gasteiger partial charge is 0.452 e. The number of hydrogen-bond donors (Lipinski definition) is 1. The second-order valence-electron chi connectivity index (χ2n) is 6.06. The van der Waals surface area contributed by atoms with Crippen molar-refractivity contribution in [3.63, 3.8) is 0 Å². The Morgan fingerprint density at radius 3 is 2.70 bits per heavy atom. The molecule has 1 atom stereocenters. The number of aryl methyl sites for hydroxylation is 1. The van der Waals surface area contributed by atoms with Crippen LogP contribution in [-0.2, 0) is 20.9 Å². The van der Waals surface area contributed by atoms with E-state index in [0.29, 0.717) is 12.6 Å². The van der Waals surface area contributed by atoms with Crippen LogP contribution in [0.3, 0.4) is 0 Å². The average molecular weight is 372 g/mol. The third kappa shape index (κ3) is 4.49. The van der Waals surface area contributed by atoms with E-state index in [1.807, 2.05) is 41.1 Å². The zero-order valence-corrected chi connectivity index (χ0v) is 14.6. The monoisotopic (exact) mass is 372 g/mol. The van der Waals surface area contributed by atoms with Crippen molar-refractivity contribution in [1.29, 1.82) is 0 Å². The topological polar surface area (TPSA) is 60.3 Å². The lowest BCUT2D eigenvalue weighted by molar-refractivity contribution is -0.153. The van der Waals surface area contributed by atoms with Gasteiger partial charge in [0.1, 0.15) is 11.6 Å². The van der Waals surface area contributed by atoms with Crippen molar-refractivity contribution in [3.8, 4) is 0 Å². The number of hydrogen-bond acceptors (Lipinski definition) is 3. The summed E-state index contributed by atoms with van der Waals surface area (Å²) in [5.41, 5.74) is 0.825. The van der Waals surface area contributed by atoms with Crippen molar-refractivity contribution in [3.05, 3.63) is 66.4 Å². The molecule has 0 aliphatic carbocycles. The van der Waals surface area contributed by atoms with E-state index in [4.69, 9.17) is 4.74 Å². The molecule has 140 valence electrons. The third-order valence-corrected chi connectivity index (χ3v) is 4.10. The van der Waals surface area contributed by atoms with E-state index >= 15 is 0 Å². The van der Waals surface area contributed by atoms with Crippen molar-refractivity contribution in [2.75, 3.05) is 5.32 Å². The van der Waals surface area contributed by atoms with Crippen LogP contribution < -0.4 is 5.32 Å². The van der Waals surface area contributed by atoms with Crippen molar-refractivity contribution in [2.45, 2.75) is 26.0 Å². The SMILES string of the molecule is CC(OC(=O)CCn1ccc2ccccc21)C(=O)Nc1ccc(F)cc1F. The number of ether oxygens (including phenoxy) is 1. The van der Waals surface area contributed by atoms with Crippen LogP contribution in [0.1, 0.15) is 13.3 Å². The van der Waals surface area contributed by atoms with Crippen LogP contribution >= 0.6 is 0 Å². The fraction of sp³-hybridized carbons (Fsp3) is 0.200. The molecule has 3 aromatic rings. The Hall–Kier alpha value is -3.22. The van der Waals surface area contributed by atoms with Gasteiger partial charge >= 0.3 is 5.97 Å². The molecule has 1 heterocycles. The van der Waals surface area contributed by atoms with Gasteiger partial charge in [-0.25, -0.2) is 8.78 Å². The van der Waals surface area contributed by atoms with Crippen molar-refractivity contribution in [2.24, 2.45) is 0 Å². The lowest BCUT2D eigenvalue weighted by Gasteiger charge is -2.14. The Balaban J connectivity index is 1.53. The Kier molecular flexibility index (Phi) is 5.49. The maximum absolute atomic E-state index is 13.6. The van der Waals surface area contributed by atoms with Crippen LogP contribution in [0, 0.1) is 11.6 Å². The number of nitrogens with one attached hydrogen (secondary N) is 1. The van der Waals surface area contributed by atoms with Gasteiger partial charge in [0, 0.05) is 24.3 Å². The van der Waals surface area contributed by atoms with E-state index in [1.54, 1.807) is 0 Å². The van der Waals surface area contributed by atoms with E-state index in [9.17, 15) is 18.4 Å². The number of carbonyl (C=O) groups is 2. The number of aromatic nitrogens is 1. The first kappa shape index (κ1) is 18.6. The van der Waals surface area contributed by atoms with Gasteiger partial charge in [-0.05, 0) is 36.6 Å². The molecule has 27 heavy (non-hydrogen) atoms. The van der Waals surface area contributed by atoms with E-state index < -0.39 is 29.6 Å². The fourth-order valence-electron chi connectivity index (χ4n) is 2.68. The van der Waals surface area contributed by atoms with E-state index in [1.165, 1.54) is 6.92 Å². The van der Waals surface area contributed by atoms with E-state index in [2.05, 4.69) is 5.32 Å². The number of nitrogens with zero attached hydrogens (tertiary/aromatic N) is 1. The highest BCUT2D eigenvalue weighted by atomic mass is 19.1. The van der Waals surface area contributed by atoms with Gasteiger partial charge in [-0.1, -0.05) is 18.2 Å². The summed E-state index contributed by atoms with van der Waals surface area (Å²) in [5, 5.41) is 3.34. The number of halogens is 2. The summed E-state index contributed by atoms with van der Waals surface area (Å²) >= 11 is 0. The maximum Gasteiger partial charge on any atom is 0.308 e. The van der Waals surface area contributed by atoms with Gasteiger partial charge in [-0.2, -0.15) is 0 Å². The molecule has 0 aliphatic rings. The molecule has 1 amide bonds. The highest BCUT2D eigenvalue weighted by molar-refractivity contribution is 5.95. The zero-order valence-electron chi connectivity index (χ0n) is 14.6. The molecule has 1 unspecified atom stereocenters. The number of fused-ring (bicyclic) bond motifs is 1. The molecule has 5 nitrogen and oxygen atoms in total. The highest BCUT2D eigenvalue weighted by Gasteiger charge is 2.19. The quantitative estimate of drug-likeness (QED) is 0.668. The van der Waals surface area contributed by atoms with Crippen LogP contribution in [-0.4, -0.2) is 22.5 Å². The van der Waals surface area contributed by atoms with Gasteiger partial charge in [-0.15, -0.1) is 0 Å². The minimum Gasteiger partial charge on any atom is -0.452 e. The van der Waals surface area contributed by atoms with Crippen LogP contribution in [0.25, 0.3) is 10.9 Å². The summed E-state index contributed by atoms with van der Waals surface area (Å²) in [6, 6.07) is 12.5. The van der Waals surface area contributed by atoms with Crippen molar-refractivity contribution < 1.29 is 23.1 Å². The Morgan fingerprint density at radius 2 is 1.93 bits per heavy atom. The van der Waals surface area contributed by atoms with Crippen LogP contribution in [0.2, 0.25) is 0 Å². The number of para-hydroxylation sites is 1. The molecule has 7 heteroatoms. The van der Waals surface area contributed by atoms with Gasteiger partial charge in [0.25, 0.3) is 5.91 Å². The second kappa shape index (κ2) is 7.99.